The molecule has 0 N–H and O–H groups in total. The molecule has 0 aromatic heterocycles. The molecule has 1 rings (SSSR count). The van der Waals surface area contributed by atoms with Gasteiger partial charge in [0.1, 0.15) is 0 Å². The highest BCUT2D eigenvalue weighted by molar-refractivity contribution is 14.1. The number of benzene rings is 1. The first-order valence-corrected chi connectivity index (χ1v) is 10.2. The third-order valence-corrected chi connectivity index (χ3v) is 8.54. The lowest BCUT2D eigenvalue weighted by molar-refractivity contribution is 0.354. The Balaban J connectivity index is 3.27. The van der Waals surface area contributed by atoms with Gasteiger partial charge in [0, 0.05) is 3.57 Å². The molecule has 1 aromatic carbocycles. The van der Waals surface area contributed by atoms with Gasteiger partial charge in [-0.3, -0.25) is 0 Å². The van der Waals surface area contributed by atoms with Crippen LogP contribution in [0, 0.1) is 3.57 Å². The van der Waals surface area contributed by atoms with Crippen molar-refractivity contribution in [3.8, 4) is 17.2 Å². The molecule has 5 heteroatoms. The lowest BCUT2D eigenvalue weighted by Crippen LogP contribution is -2.44. The second-order valence-corrected chi connectivity index (χ2v) is 12.0. The second kappa shape index (κ2) is 5.91. The maximum atomic E-state index is 6.35. The van der Waals surface area contributed by atoms with E-state index in [1.165, 1.54) is 0 Å². The molecule has 0 spiro atoms. The van der Waals surface area contributed by atoms with E-state index in [9.17, 15) is 0 Å². The van der Waals surface area contributed by atoms with E-state index in [2.05, 4.69) is 56.5 Å². The topological polar surface area (TPSA) is 27.7 Å². The van der Waals surface area contributed by atoms with Crippen LogP contribution < -0.4 is 13.9 Å². The number of halogens is 1. The van der Waals surface area contributed by atoms with E-state index in [1.807, 2.05) is 12.1 Å². The van der Waals surface area contributed by atoms with Crippen LogP contribution in [0.3, 0.4) is 0 Å². The summed E-state index contributed by atoms with van der Waals surface area (Å²) >= 11 is 2.24. The number of rotatable bonds is 4. The van der Waals surface area contributed by atoms with Gasteiger partial charge in [-0.2, -0.15) is 0 Å². The van der Waals surface area contributed by atoms with Crippen LogP contribution in [0.4, 0.5) is 0 Å². The molecule has 0 saturated carbocycles. The molecule has 3 nitrogen and oxygen atoms in total. The van der Waals surface area contributed by atoms with Crippen LogP contribution in [0.5, 0.6) is 17.2 Å². The minimum atomic E-state index is -1.92. The zero-order chi connectivity index (χ0) is 14.8. The van der Waals surface area contributed by atoms with Crippen LogP contribution in [0.1, 0.15) is 20.8 Å². The summed E-state index contributed by atoms with van der Waals surface area (Å²) in [5, 5.41) is 0.131. The van der Waals surface area contributed by atoms with Crippen LogP contribution in [0.2, 0.25) is 18.1 Å². The molecular weight excluding hydrogens is 371 g/mol. The molecule has 108 valence electrons. The summed E-state index contributed by atoms with van der Waals surface area (Å²) in [7, 11) is 1.39. The Morgan fingerprint density at radius 3 is 1.74 bits per heavy atom. The van der Waals surface area contributed by atoms with Crippen LogP contribution >= 0.6 is 22.6 Å². The zero-order valence-electron chi connectivity index (χ0n) is 12.8. The third kappa shape index (κ3) is 3.78. The van der Waals surface area contributed by atoms with Crippen molar-refractivity contribution >= 4 is 30.9 Å². The quantitative estimate of drug-likeness (QED) is 0.548. The Morgan fingerprint density at radius 1 is 1.00 bits per heavy atom. The molecule has 0 aliphatic rings. The lowest BCUT2D eigenvalue weighted by atomic mass is 10.2. The first-order chi connectivity index (χ1) is 8.62. The van der Waals surface area contributed by atoms with Gasteiger partial charge >= 0.3 is 0 Å². The molecule has 19 heavy (non-hydrogen) atoms. The van der Waals surface area contributed by atoms with E-state index in [4.69, 9.17) is 13.9 Å². The fourth-order valence-electron chi connectivity index (χ4n) is 1.36. The molecule has 0 radical (unpaired) electrons. The summed E-state index contributed by atoms with van der Waals surface area (Å²) in [6.45, 7) is 11.1. The van der Waals surface area contributed by atoms with Crippen molar-refractivity contribution in [3.05, 3.63) is 15.7 Å². The summed E-state index contributed by atoms with van der Waals surface area (Å²) in [6, 6.07) is 3.93. The average molecular weight is 394 g/mol. The molecule has 0 bridgehead atoms. The zero-order valence-corrected chi connectivity index (χ0v) is 15.9. The summed E-state index contributed by atoms with van der Waals surface area (Å²) in [5.41, 5.74) is 0. The minimum absolute atomic E-state index is 0.131. The molecule has 0 amide bonds. The second-order valence-electron chi connectivity index (χ2n) is 6.00. The van der Waals surface area contributed by atoms with Crippen LogP contribution in [0.15, 0.2) is 12.1 Å². The minimum Gasteiger partial charge on any atom is -0.539 e. The Labute approximate surface area is 130 Å². The summed E-state index contributed by atoms with van der Waals surface area (Å²) in [6.07, 6.45) is 0. The largest absolute Gasteiger partial charge is 0.539 e. The van der Waals surface area contributed by atoms with Crippen molar-refractivity contribution < 1.29 is 13.9 Å². The van der Waals surface area contributed by atoms with Gasteiger partial charge < -0.3 is 13.9 Å². The van der Waals surface area contributed by atoms with Gasteiger partial charge in [0.25, 0.3) is 8.32 Å². The van der Waals surface area contributed by atoms with Crippen molar-refractivity contribution in [1.29, 1.82) is 0 Å². The predicted molar refractivity (Wildman–Crippen MR) is 90.1 cm³/mol. The molecule has 0 heterocycles. The molecular formula is C14H23IO3Si. The Hall–Kier alpha value is -0.433. The number of hydrogen-bond acceptors (Lipinski definition) is 3. The van der Waals surface area contributed by atoms with Gasteiger partial charge in [0.2, 0.25) is 0 Å². The normalized spacial score (nSPS) is 12.2. The number of hydrogen-bond donors (Lipinski definition) is 0. The van der Waals surface area contributed by atoms with Gasteiger partial charge in [-0.1, -0.05) is 20.8 Å². The first kappa shape index (κ1) is 16.6. The van der Waals surface area contributed by atoms with Crippen LogP contribution in [0.25, 0.3) is 0 Å². The van der Waals surface area contributed by atoms with Crippen molar-refractivity contribution in [1.82, 2.24) is 0 Å². The molecule has 0 unspecified atom stereocenters. The SMILES string of the molecule is COc1cc(I)cc(OC)c1O[Si](C)(C)C(C)(C)C. The molecule has 0 aliphatic carbocycles. The van der Waals surface area contributed by atoms with E-state index in [-0.39, 0.29) is 5.04 Å². The number of methoxy groups -OCH3 is 2. The smallest absolute Gasteiger partial charge is 0.250 e. The first-order valence-electron chi connectivity index (χ1n) is 6.23. The standard InChI is InChI=1S/C14H23IO3Si/c1-14(2,3)19(6,7)18-13-11(16-4)8-10(15)9-12(13)17-5/h8-9H,1-7H3. The molecule has 1 aromatic rings. The maximum absolute atomic E-state index is 6.35. The average Bonchev–Trinajstić information content (AvgIpc) is 2.28. The monoisotopic (exact) mass is 394 g/mol. The number of ether oxygens (including phenoxy) is 2. The van der Waals surface area contributed by atoms with Crippen LogP contribution in [-0.4, -0.2) is 22.5 Å². The Morgan fingerprint density at radius 2 is 1.42 bits per heavy atom. The lowest BCUT2D eigenvalue weighted by Gasteiger charge is -2.37. The summed E-state index contributed by atoms with van der Waals surface area (Å²) < 4.78 is 18.3. The third-order valence-electron chi connectivity index (χ3n) is 3.59. The molecule has 0 fully saturated rings. The van der Waals surface area contributed by atoms with Gasteiger partial charge in [0.15, 0.2) is 17.2 Å². The highest BCUT2D eigenvalue weighted by Crippen LogP contribution is 2.44. The highest BCUT2D eigenvalue weighted by Gasteiger charge is 2.40. The van der Waals surface area contributed by atoms with E-state index >= 15 is 0 Å². The van der Waals surface area contributed by atoms with E-state index in [1.54, 1.807) is 14.2 Å². The van der Waals surface area contributed by atoms with E-state index in [0.717, 1.165) is 20.8 Å². The van der Waals surface area contributed by atoms with Crippen LogP contribution in [-0.2, 0) is 0 Å². The molecule has 0 aliphatic heterocycles. The summed E-state index contributed by atoms with van der Waals surface area (Å²) in [5.74, 6) is 2.18. The molecule has 0 atom stereocenters. The van der Waals surface area contributed by atoms with Gasteiger partial charge in [-0.15, -0.1) is 0 Å². The van der Waals surface area contributed by atoms with Crippen molar-refractivity contribution in [3.63, 3.8) is 0 Å². The predicted octanol–water partition coefficient (Wildman–Crippen LogP) is 4.69. The maximum Gasteiger partial charge on any atom is 0.250 e. The Bertz CT molecular complexity index is 427. The van der Waals surface area contributed by atoms with Crippen molar-refractivity contribution in [2.45, 2.75) is 38.9 Å². The highest BCUT2D eigenvalue weighted by atomic mass is 127. The van der Waals surface area contributed by atoms with E-state index in [0.29, 0.717) is 0 Å². The van der Waals surface area contributed by atoms with Gasteiger partial charge in [0.05, 0.1) is 14.2 Å². The fraction of sp³-hybridized carbons (Fsp3) is 0.571. The Kier molecular flexibility index (Phi) is 5.17. The van der Waals surface area contributed by atoms with Crippen molar-refractivity contribution in [2.75, 3.05) is 14.2 Å². The molecule has 0 saturated heterocycles. The van der Waals surface area contributed by atoms with Gasteiger partial charge in [-0.25, -0.2) is 0 Å². The summed E-state index contributed by atoms with van der Waals surface area (Å²) in [4.78, 5) is 0. The van der Waals surface area contributed by atoms with Gasteiger partial charge in [-0.05, 0) is 52.9 Å². The fourth-order valence-corrected chi connectivity index (χ4v) is 2.94. The van der Waals surface area contributed by atoms with Crippen molar-refractivity contribution in [2.24, 2.45) is 0 Å². The van der Waals surface area contributed by atoms with E-state index < -0.39 is 8.32 Å².